The van der Waals surface area contributed by atoms with Crippen molar-refractivity contribution >= 4 is 17.5 Å². The molecule has 0 aliphatic rings. The molecule has 5 nitrogen and oxygen atoms in total. The third kappa shape index (κ3) is 5.00. The summed E-state index contributed by atoms with van der Waals surface area (Å²) in [4.78, 5) is 13.7. The first-order valence-electron chi connectivity index (χ1n) is 7.47. The Hall–Kier alpha value is -2.47. The zero-order valence-corrected chi connectivity index (χ0v) is 15.0. The molecule has 0 aliphatic heterocycles. The second-order valence-corrected chi connectivity index (χ2v) is 5.71. The first-order valence-corrected chi connectivity index (χ1v) is 7.85. The van der Waals surface area contributed by atoms with Crippen molar-refractivity contribution in [1.29, 1.82) is 0 Å². The zero-order valence-electron chi connectivity index (χ0n) is 14.2. The van der Waals surface area contributed by atoms with Crippen LogP contribution >= 0.6 is 11.6 Å². The lowest BCUT2D eigenvalue weighted by Crippen LogP contribution is -2.31. The number of nitrogens with zero attached hydrogens (tertiary/aromatic N) is 1. The van der Waals surface area contributed by atoms with E-state index in [1.54, 1.807) is 33.4 Å². The van der Waals surface area contributed by atoms with Gasteiger partial charge in [0, 0.05) is 13.6 Å². The minimum Gasteiger partial charge on any atom is -0.493 e. The number of ether oxygens (including phenoxy) is 3. The molecular formula is C18H19ClFNO4. The van der Waals surface area contributed by atoms with Crippen LogP contribution in [0.1, 0.15) is 5.56 Å². The lowest BCUT2D eigenvalue weighted by molar-refractivity contribution is -0.132. The van der Waals surface area contributed by atoms with Gasteiger partial charge in [-0.05, 0) is 35.9 Å². The van der Waals surface area contributed by atoms with E-state index in [1.807, 2.05) is 6.07 Å². The highest BCUT2D eigenvalue weighted by molar-refractivity contribution is 6.32. The van der Waals surface area contributed by atoms with E-state index in [-0.39, 0.29) is 23.3 Å². The maximum Gasteiger partial charge on any atom is 0.260 e. The Morgan fingerprint density at radius 1 is 1.08 bits per heavy atom. The Bertz CT molecular complexity index is 754. The fraction of sp³-hybridized carbons (Fsp3) is 0.278. The van der Waals surface area contributed by atoms with Crippen LogP contribution in [0.3, 0.4) is 0 Å². The Morgan fingerprint density at radius 3 is 2.40 bits per heavy atom. The summed E-state index contributed by atoms with van der Waals surface area (Å²) in [5, 5.41) is 0.121. The fourth-order valence-electron chi connectivity index (χ4n) is 2.18. The Kier molecular flexibility index (Phi) is 6.47. The molecule has 0 aromatic heterocycles. The third-order valence-electron chi connectivity index (χ3n) is 3.54. The molecule has 2 aromatic rings. The molecule has 7 heteroatoms. The first-order chi connectivity index (χ1) is 11.9. The summed E-state index contributed by atoms with van der Waals surface area (Å²) >= 11 is 5.87. The summed E-state index contributed by atoms with van der Waals surface area (Å²) in [6.45, 7) is 0.175. The normalized spacial score (nSPS) is 10.3. The standard InChI is InChI=1S/C18H19ClFNO4/c1-21(10-12-4-6-16(23-2)17(8-12)24-3)18(22)11-25-15-7-5-13(20)9-14(15)19/h4-9H,10-11H2,1-3H3. The highest BCUT2D eigenvalue weighted by Crippen LogP contribution is 2.28. The summed E-state index contributed by atoms with van der Waals surface area (Å²) < 4.78 is 28.8. The van der Waals surface area contributed by atoms with Gasteiger partial charge >= 0.3 is 0 Å². The van der Waals surface area contributed by atoms with Gasteiger partial charge in [-0.15, -0.1) is 0 Å². The van der Waals surface area contributed by atoms with Crippen LogP contribution in [0.15, 0.2) is 36.4 Å². The number of hydrogen-bond acceptors (Lipinski definition) is 4. The molecule has 0 aliphatic carbocycles. The first kappa shape index (κ1) is 18.9. The van der Waals surface area contributed by atoms with Crippen molar-refractivity contribution in [3.8, 4) is 17.2 Å². The molecule has 2 aromatic carbocycles. The fourth-order valence-corrected chi connectivity index (χ4v) is 2.40. The smallest absolute Gasteiger partial charge is 0.260 e. The predicted octanol–water partition coefficient (Wildman–Crippen LogP) is 3.53. The van der Waals surface area contributed by atoms with E-state index in [4.69, 9.17) is 25.8 Å². The maximum absolute atomic E-state index is 13.0. The van der Waals surface area contributed by atoms with E-state index in [0.29, 0.717) is 18.0 Å². The molecule has 0 unspecified atom stereocenters. The summed E-state index contributed by atoms with van der Waals surface area (Å²) in [6.07, 6.45) is 0. The highest BCUT2D eigenvalue weighted by atomic mass is 35.5. The highest BCUT2D eigenvalue weighted by Gasteiger charge is 2.13. The van der Waals surface area contributed by atoms with Crippen molar-refractivity contribution in [2.75, 3.05) is 27.9 Å². The number of benzene rings is 2. The summed E-state index contributed by atoms with van der Waals surface area (Å²) in [7, 11) is 4.77. The Morgan fingerprint density at radius 2 is 1.76 bits per heavy atom. The number of carbonyl (C=O) groups excluding carboxylic acids is 1. The molecule has 0 atom stereocenters. The minimum absolute atomic E-state index is 0.121. The maximum atomic E-state index is 13.0. The molecule has 134 valence electrons. The quantitative estimate of drug-likeness (QED) is 0.751. The van der Waals surface area contributed by atoms with Crippen molar-refractivity contribution in [2.45, 2.75) is 6.54 Å². The van der Waals surface area contributed by atoms with Crippen molar-refractivity contribution in [3.05, 3.63) is 52.8 Å². The van der Waals surface area contributed by atoms with Gasteiger partial charge in [0.15, 0.2) is 18.1 Å². The summed E-state index contributed by atoms with van der Waals surface area (Å²) in [5.41, 5.74) is 0.883. The molecule has 0 radical (unpaired) electrons. The molecule has 0 bridgehead atoms. The number of carbonyl (C=O) groups is 1. The van der Waals surface area contributed by atoms with Gasteiger partial charge in [-0.1, -0.05) is 17.7 Å². The second-order valence-electron chi connectivity index (χ2n) is 5.30. The number of hydrogen-bond donors (Lipinski definition) is 0. The SMILES string of the molecule is COc1ccc(CN(C)C(=O)COc2ccc(F)cc2Cl)cc1OC. The van der Waals surface area contributed by atoms with Crippen molar-refractivity contribution in [2.24, 2.45) is 0 Å². The summed E-state index contributed by atoms with van der Waals surface area (Å²) in [6, 6.07) is 9.18. The van der Waals surface area contributed by atoms with Gasteiger partial charge in [-0.2, -0.15) is 0 Å². The summed E-state index contributed by atoms with van der Waals surface area (Å²) in [5.74, 6) is 0.769. The van der Waals surface area contributed by atoms with Crippen LogP contribution in [0, 0.1) is 5.82 Å². The predicted molar refractivity (Wildman–Crippen MR) is 92.9 cm³/mol. The van der Waals surface area contributed by atoms with E-state index >= 15 is 0 Å². The molecule has 25 heavy (non-hydrogen) atoms. The van der Waals surface area contributed by atoms with E-state index in [0.717, 1.165) is 11.6 Å². The molecule has 0 fully saturated rings. The average molecular weight is 368 g/mol. The van der Waals surface area contributed by atoms with E-state index in [9.17, 15) is 9.18 Å². The van der Waals surface area contributed by atoms with Gasteiger partial charge in [0.1, 0.15) is 11.6 Å². The topological polar surface area (TPSA) is 48.0 Å². The molecular weight excluding hydrogens is 349 g/mol. The van der Waals surface area contributed by atoms with Gasteiger partial charge in [-0.25, -0.2) is 4.39 Å². The number of amides is 1. The number of halogens is 2. The van der Waals surface area contributed by atoms with Gasteiger partial charge in [0.2, 0.25) is 0 Å². The average Bonchev–Trinajstić information content (AvgIpc) is 2.60. The number of rotatable bonds is 7. The number of methoxy groups -OCH3 is 2. The largest absolute Gasteiger partial charge is 0.493 e. The van der Waals surface area contributed by atoms with Crippen LogP contribution in [0.4, 0.5) is 4.39 Å². The Labute approximate surface area is 150 Å². The zero-order chi connectivity index (χ0) is 18.4. The molecule has 0 spiro atoms. The second kappa shape index (κ2) is 8.58. The lowest BCUT2D eigenvalue weighted by atomic mass is 10.2. The molecule has 1 amide bonds. The van der Waals surface area contributed by atoms with Gasteiger partial charge in [0.05, 0.1) is 19.2 Å². The van der Waals surface area contributed by atoms with E-state index in [2.05, 4.69) is 0 Å². The Balaban J connectivity index is 1.96. The number of likely N-dealkylation sites (N-methyl/N-ethyl adjacent to an activating group) is 1. The molecule has 0 saturated heterocycles. The minimum atomic E-state index is -0.464. The van der Waals surface area contributed by atoms with Gasteiger partial charge in [0.25, 0.3) is 5.91 Å². The van der Waals surface area contributed by atoms with Crippen molar-refractivity contribution < 1.29 is 23.4 Å². The van der Waals surface area contributed by atoms with Crippen molar-refractivity contribution in [3.63, 3.8) is 0 Å². The lowest BCUT2D eigenvalue weighted by Gasteiger charge is -2.18. The van der Waals surface area contributed by atoms with Crippen LogP contribution in [0.5, 0.6) is 17.2 Å². The van der Waals surface area contributed by atoms with E-state index < -0.39 is 5.82 Å². The van der Waals surface area contributed by atoms with Gasteiger partial charge < -0.3 is 19.1 Å². The van der Waals surface area contributed by atoms with Crippen LogP contribution in [0.2, 0.25) is 5.02 Å². The monoisotopic (exact) mass is 367 g/mol. The molecule has 0 N–H and O–H groups in total. The van der Waals surface area contributed by atoms with Crippen LogP contribution < -0.4 is 14.2 Å². The third-order valence-corrected chi connectivity index (χ3v) is 3.83. The van der Waals surface area contributed by atoms with Crippen molar-refractivity contribution in [1.82, 2.24) is 4.90 Å². The molecule has 0 heterocycles. The van der Waals surface area contributed by atoms with Crippen LogP contribution in [-0.2, 0) is 11.3 Å². The van der Waals surface area contributed by atoms with Crippen LogP contribution in [0.25, 0.3) is 0 Å². The molecule has 0 saturated carbocycles. The van der Waals surface area contributed by atoms with Gasteiger partial charge in [-0.3, -0.25) is 4.79 Å². The van der Waals surface area contributed by atoms with E-state index in [1.165, 1.54) is 17.0 Å². The molecule has 2 rings (SSSR count). The van der Waals surface area contributed by atoms with Crippen LogP contribution in [-0.4, -0.2) is 38.7 Å².